The Morgan fingerprint density at radius 1 is 1.35 bits per heavy atom. The maximum absolute atomic E-state index is 13.8. The van der Waals surface area contributed by atoms with E-state index in [4.69, 9.17) is 5.73 Å². The number of halogens is 2. The third-order valence-electron chi connectivity index (χ3n) is 3.93. The summed E-state index contributed by atoms with van der Waals surface area (Å²) in [6.45, 7) is 2.11. The van der Waals surface area contributed by atoms with Gasteiger partial charge in [0.25, 0.3) is 0 Å². The van der Waals surface area contributed by atoms with Gasteiger partial charge in [0.15, 0.2) is 0 Å². The van der Waals surface area contributed by atoms with E-state index in [-0.39, 0.29) is 5.56 Å². The average molecular weight is 239 g/mol. The van der Waals surface area contributed by atoms with E-state index in [9.17, 15) is 8.78 Å². The van der Waals surface area contributed by atoms with Crippen LogP contribution in [0.2, 0.25) is 0 Å². The topological polar surface area (TPSA) is 26.0 Å². The van der Waals surface area contributed by atoms with Gasteiger partial charge in [-0.1, -0.05) is 32.3 Å². The van der Waals surface area contributed by atoms with E-state index in [1.165, 1.54) is 18.2 Å². The van der Waals surface area contributed by atoms with Crippen molar-refractivity contribution in [2.45, 2.75) is 44.6 Å². The molecule has 0 amide bonds. The van der Waals surface area contributed by atoms with Crippen LogP contribution in [0.25, 0.3) is 0 Å². The number of nitrogens with two attached hydrogens (primary N) is 1. The fraction of sp³-hybridized carbons (Fsp3) is 0.571. The molecule has 2 N–H and O–H groups in total. The number of rotatable bonds is 2. The molecule has 1 nitrogen and oxygen atoms in total. The highest BCUT2D eigenvalue weighted by atomic mass is 19.1. The van der Waals surface area contributed by atoms with Crippen molar-refractivity contribution >= 4 is 0 Å². The molecule has 1 aliphatic carbocycles. The second-order valence-corrected chi connectivity index (χ2v) is 5.12. The highest BCUT2D eigenvalue weighted by Gasteiger charge is 2.37. The van der Waals surface area contributed by atoms with Gasteiger partial charge in [0.2, 0.25) is 0 Å². The van der Waals surface area contributed by atoms with Crippen molar-refractivity contribution in [1.82, 2.24) is 0 Å². The van der Waals surface area contributed by atoms with E-state index >= 15 is 0 Å². The largest absolute Gasteiger partial charge is 0.321 e. The van der Waals surface area contributed by atoms with Crippen molar-refractivity contribution in [1.29, 1.82) is 0 Å². The first-order valence-corrected chi connectivity index (χ1v) is 6.30. The fourth-order valence-corrected chi connectivity index (χ4v) is 2.97. The summed E-state index contributed by atoms with van der Waals surface area (Å²) in [6.07, 6.45) is 4.44. The van der Waals surface area contributed by atoms with Crippen LogP contribution in [-0.2, 0) is 5.54 Å². The summed E-state index contributed by atoms with van der Waals surface area (Å²) in [5.41, 5.74) is 5.52. The van der Waals surface area contributed by atoms with Gasteiger partial charge < -0.3 is 5.73 Å². The van der Waals surface area contributed by atoms with Crippen LogP contribution < -0.4 is 5.73 Å². The number of hydrogen-bond donors (Lipinski definition) is 1. The maximum atomic E-state index is 13.8. The predicted molar refractivity (Wildman–Crippen MR) is 64.5 cm³/mol. The molecule has 0 bridgehead atoms. The molecule has 1 aliphatic rings. The van der Waals surface area contributed by atoms with Gasteiger partial charge in [0, 0.05) is 11.1 Å². The average Bonchev–Trinajstić information content (AvgIpc) is 2.28. The zero-order valence-corrected chi connectivity index (χ0v) is 10.2. The van der Waals surface area contributed by atoms with Crippen molar-refractivity contribution in [3.05, 3.63) is 35.4 Å². The first kappa shape index (κ1) is 12.5. The van der Waals surface area contributed by atoms with Crippen LogP contribution in [0, 0.1) is 17.6 Å². The van der Waals surface area contributed by atoms with Crippen LogP contribution in [-0.4, -0.2) is 0 Å². The van der Waals surface area contributed by atoms with Crippen LogP contribution in [0.4, 0.5) is 8.78 Å². The molecule has 1 fully saturated rings. The summed E-state index contributed by atoms with van der Waals surface area (Å²) in [6, 6.07) is 3.98. The van der Waals surface area contributed by atoms with E-state index in [0.717, 1.165) is 19.3 Å². The van der Waals surface area contributed by atoms with Crippen LogP contribution in [0.3, 0.4) is 0 Å². The molecular weight excluding hydrogens is 220 g/mol. The van der Waals surface area contributed by atoms with E-state index < -0.39 is 17.2 Å². The van der Waals surface area contributed by atoms with E-state index in [1.807, 2.05) is 0 Å². The van der Waals surface area contributed by atoms with Crippen LogP contribution in [0.1, 0.15) is 44.6 Å². The molecular formula is C14H19F2N. The highest BCUT2D eigenvalue weighted by Crippen LogP contribution is 2.40. The molecule has 2 atom stereocenters. The fourth-order valence-electron chi connectivity index (χ4n) is 2.97. The lowest BCUT2D eigenvalue weighted by atomic mass is 9.71. The summed E-state index contributed by atoms with van der Waals surface area (Å²) in [7, 11) is 0. The minimum atomic E-state index is -0.825. The van der Waals surface area contributed by atoms with Gasteiger partial charge in [0.1, 0.15) is 11.6 Å². The Labute approximate surface area is 101 Å². The van der Waals surface area contributed by atoms with Crippen LogP contribution in [0.15, 0.2) is 18.2 Å². The lowest BCUT2D eigenvalue weighted by Crippen LogP contribution is -2.43. The predicted octanol–water partition coefficient (Wildman–Crippen LogP) is 3.72. The van der Waals surface area contributed by atoms with Crippen molar-refractivity contribution in [3.8, 4) is 0 Å². The Morgan fingerprint density at radius 2 is 2.00 bits per heavy atom. The second kappa shape index (κ2) is 4.73. The maximum Gasteiger partial charge on any atom is 0.131 e. The minimum absolute atomic E-state index is 0.0816. The van der Waals surface area contributed by atoms with E-state index in [1.54, 1.807) is 0 Å². The highest BCUT2D eigenvalue weighted by molar-refractivity contribution is 5.28. The zero-order valence-electron chi connectivity index (χ0n) is 10.2. The van der Waals surface area contributed by atoms with Gasteiger partial charge in [-0.3, -0.25) is 0 Å². The van der Waals surface area contributed by atoms with E-state index in [0.29, 0.717) is 18.8 Å². The third kappa shape index (κ3) is 2.34. The Hall–Kier alpha value is -0.960. The molecule has 0 spiro atoms. The molecule has 0 aliphatic heterocycles. The molecule has 3 heteroatoms. The summed E-state index contributed by atoms with van der Waals surface area (Å²) in [4.78, 5) is 0. The van der Waals surface area contributed by atoms with Crippen molar-refractivity contribution in [3.63, 3.8) is 0 Å². The molecule has 2 unspecified atom stereocenters. The number of benzene rings is 1. The van der Waals surface area contributed by atoms with Crippen molar-refractivity contribution in [2.75, 3.05) is 0 Å². The Kier molecular flexibility index (Phi) is 3.48. The minimum Gasteiger partial charge on any atom is -0.321 e. The van der Waals surface area contributed by atoms with Gasteiger partial charge in [-0.05, 0) is 30.9 Å². The first-order valence-electron chi connectivity index (χ1n) is 6.30. The van der Waals surface area contributed by atoms with Gasteiger partial charge in [-0.25, -0.2) is 8.78 Å². The van der Waals surface area contributed by atoms with Gasteiger partial charge in [-0.15, -0.1) is 0 Å². The normalized spacial score (nSPS) is 29.3. The quantitative estimate of drug-likeness (QED) is 0.836. The molecule has 1 aromatic rings. The summed E-state index contributed by atoms with van der Waals surface area (Å²) in [5, 5.41) is 0. The van der Waals surface area contributed by atoms with Crippen molar-refractivity contribution in [2.24, 2.45) is 11.7 Å². The molecule has 0 radical (unpaired) electrons. The smallest absolute Gasteiger partial charge is 0.131 e. The lowest BCUT2D eigenvalue weighted by Gasteiger charge is -2.38. The molecule has 2 rings (SSSR count). The second-order valence-electron chi connectivity index (χ2n) is 5.12. The molecule has 0 saturated heterocycles. The van der Waals surface area contributed by atoms with Gasteiger partial charge in [-0.2, -0.15) is 0 Å². The van der Waals surface area contributed by atoms with Gasteiger partial charge >= 0.3 is 0 Å². The van der Waals surface area contributed by atoms with Crippen LogP contribution >= 0.6 is 0 Å². The molecule has 0 heterocycles. The molecule has 1 aromatic carbocycles. The molecule has 94 valence electrons. The summed E-state index contributed by atoms with van der Waals surface area (Å²) < 4.78 is 27.6. The monoisotopic (exact) mass is 239 g/mol. The van der Waals surface area contributed by atoms with Gasteiger partial charge in [0.05, 0.1) is 0 Å². The molecule has 0 aromatic heterocycles. The zero-order chi connectivity index (χ0) is 12.5. The summed E-state index contributed by atoms with van der Waals surface area (Å²) in [5.74, 6) is -0.540. The third-order valence-corrected chi connectivity index (χ3v) is 3.93. The Morgan fingerprint density at radius 3 is 2.59 bits per heavy atom. The molecule has 17 heavy (non-hydrogen) atoms. The first-order chi connectivity index (χ1) is 8.07. The SMILES string of the molecule is CCC1CCCC(N)(c2c(F)cccc2F)C1. The standard InChI is InChI=1S/C14H19F2N/c1-2-10-5-4-8-14(17,9-10)13-11(15)6-3-7-12(13)16/h3,6-7,10H,2,4-5,8-9,17H2,1H3. The molecule has 1 saturated carbocycles. The lowest BCUT2D eigenvalue weighted by molar-refractivity contribution is 0.210. The Bertz CT molecular complexity index is 385. The summed E-state index contributed by atoms with van der Waals surface area (Å²) >= 11 is 0. The van der Waals surface area contributed by atoms with Crippen LogP contribution in [0.5, 0.6) is 0 Å². The number of hydrogen-bond acceptors (Lipinski definition) is 1. The van der Waals surface area contributed by atoms with E-state index in [2.05, 4.69) is 6.92 Å². The van der Waals surface area contributed by atoms with Crippen molar-refractivity contribution < 1.29 is 8.78 Å². The Balaban J connectivity index is 2.37.